The van der Waals surface area contributed by atoms with Gasteiger partial charge in [0.2, 0.25) is 0 Å². The Kier molecular flexibility index (Phi) is 5.62. The molecule has 0 spiro atoms. The number of carbonyl (C=O) groups excluding carboxylic acids is 1. The summed E-state index contributed by atoms with van der Waals surface area (Å²) in [6, 6.07) is 14.8. The van der Waals surface area contributed by atoms with E-state index in [9.17, 15) is 9.90 Å². The number of rotatable bonds is 5. The summed E-state index contributed by atoms with van der Waals surface area (Å²) in [4.78, 5) is 26.1. The average molecular weight is 523 g/mol. The molecule has 0 unspecified atom stereocenters. The van der Waals surface area contributed by atoms with Crippen LogP contribution in [0.4, 0.5) is 4.39 Å². The summed E-state index contributed by atoms with van der Waals surface area (Å²) < 4.78 is 16.9. The van der Waals surface area contributed by atoms with Gasteiger partial charge in [-0.1, -0.05) is 18.2 Å². The predicted octanol–water partition coefficient (Wildman–Crippen LogP) is 4.59. The number of hydrogen-bond donors (Lipinski definition) is 2. The fourth-order valence-corrected chi connectivity index (χ4v) is 5.77. The lowest BCUT2D eigenvalue weighted by Gasteiger charge is -2.26. The Morgan fingerprint density at radius 2 is 1.82 bits per heavy atom. The molecule has 0 bridgehead atoms. The molecule has 2 fully saturated rings. The number of nitrogens with zero attached hydrogens (tertiary/aromatic N) is 5. The fourth-order valence-electron chi connectivity index (χ4n) is 5.77. The van der Waals surface area contributed by atoms with Gasteiger partial charge in [0.05, 0.1) is 35.3 Å². The van der Waals surface area contributed by atoms with Crippen LogP contribution in [-0.4, -0.2) is 47.7 Å². The minimum absolute atomic E-state index is 0.00930. The number of amides is 1. The molecule has 3 aromatic heterocycles. The van der Waals surface area contributed by atoms with Crippen molar-refractivity contribution in [1.29, 1.82) is 0 Å². The van der Waals surface area contributed by atoms with E-state index in [1.807, 2.05) is 18.3 Å². The maximum atomic E-state index is 15.1. The molecule has 196 valence electrons. The number of pyridine rings is 1. The maximum absolute atomic E-state index is 15.1. The third-order valence-electron chi connectivity index (χ3n) is 8.17. The minimum Gasteiger partial charge on any atom is -0.393 e. The second-order valence-electron chi connectivity index (χ2n) is 10.7. The Hall–Kier alpha value is -4.24. The van der Waals surface area contributed by atoms with Crippen molar-refractivity contribution in [1.82, 2.24) is 29.9 Å². The lowest BCUT2D eigenvalue weighted by Crippen LogP contribution is -2.38. The van der Waals surface area contributed by atoms with Crippen LogP contribution < -0.4 is 5.32 Å². The Bertz CT molecular complexity index is 1720. The number of benzene rings is 2. The van der Waals surface area contributed by atoms with E-state index in [-0.39, 0.29) is 23.1 Å². The van der Waals surface area contributed by atoms with Gasteiger partial charge in [0.25, 0.3) is 11.7 Å². The maximum Gasteiger partial charge on any atom is 0.254 e. The van der Waals surface area contributed by atoms with Crippen LogP contribution >= 0.6 is 0 Å². The van der Waals surface area contributed by atoms with E-state index in [4.69, 9.17) is 5.10 Å². The van der Waals surface area contributed by atoms with E-state index in [0.29, 0.717) is 42.7 Å². The summed E-state index contributed by atoms with van der Waals surface area (Å²) in [6.45, 7) is 0. The molecule has 0 radical (unpaired) electrons. The lowest BCUT2D eigenvalue weighted by molar-refractivity contribution is 0.0864. The number of aromatic nitrogens is 5. The van der Waals surface area contributed by atoms with Gasteiger partial charge in [-0.15, -0.1) is 0 Å². The molecular formula is C30H27FN6O2. The number of fused-ring (bicyclic) bond motifs is 2. The van der Waals surface area contributed by atoms with E-state index in [2.05, 4.69) is 38.5 Å². The highest BCUT2D eigenvalue weighted by molar-refractivity contribution is 5.95. The fraction of sp³-hybridized carbons (Fsp3) is 0.300. The van der Waals surface area contributed by atoms with Gasteiger partial charge in [0.1, 0.15) is 11.5 Å². The molecule has 9 heteroatoms. The first-order chi connectivity index (χ1) is 19.0. The number of hydrogen-bond acceptors (Lipinski definition) is 6. The number of carbonyl (C=O) groups is 1. The third-order valence-corrected chi connectivity index (χ3v) is 8.17. The van der Waals surface area contributed by atoms with E-state index < -0.39 is 11.7 Å². The van der Waals surface area contributed by atoms with E-state index in [1.54, 1.807) is 23.0 Å². The van der Waals surface area contributed by atoms with Crippen molar-refractivity contribution in [2.75, 3.05) is 0 Å². The van der Waals surface area contributed by atoms with Crippen molar-refractivity contribution in [3.05, 3.63) is 89.8 Å². The molecule has 2 N–H and O–H groups in total. The molecule has 0 aliphatic heterocycles. The number of nitrogens with one attached hydrogen (secondary N) is 1. The van der Waals surface area contributed by atoms with Crippen LogP contribution in [0.25, 0.3) is 27.9 Å². The molecular weight excluding hydrogens is 495 g/mol. The standard InChI is InChI=1S/C30H27FN6O2/c31-24-15-19(3-9-23(24)28(39)35-21-5-7-22(38)8-6-21)26-16-33-29-34-17-27(37(29)36-26)30(11-12-30)20-4-10-25-18(14-20)2-1-13-32-25/h1-4,9-10,13-17,21-22,38H,5-8,11-12H2,(H,35,39). The van der Waals surface area contributed by atoms with Crippen molar-refractivity contribution in [2.24, 2.45) is 0 Å². The van der Waals surface area contributed by atoms with E-state index >= 15 is 4.39 Å². The molecule has 1 amide bonds. The van der Waals surface area contributed by atoms with Crippen LogP contribution in [-0.2, 0) is 5.41 Å². The Morgan fingerprint density at radius 3 is 2.62 bits per heavy atom. The lowest BCUT2D eigenvalue weighted by atomic mass is 9.91. The van der Waals surface area contributed by atoms with E-state index in [1.165, 1.54) is 17.7 Å². The zero-order valence-corrected chi connectivity index (χ0v) is 21.2. The van der Waals surface area contributed by atoms with Crippen molar-refractivity contribution in [3.63, 3.8) is 0 Å². The Balaban J connectivity index is 1.18. The predicted molar refractivity (Wildman–Crippen MR) is 144 cm³/mol. The van der Waals surface area contributed by atoms with Crippen molar-refractivity contribution >= 4 is 22.6 Å². The molecule has 7 rings (SSSR count). The first-order valence-electron chi connectivity index (χ1n) is 13.4. The smallest absolute Gasteiger partial charge is 0.254 e. The number of aliphatic hydroxyl groups excluding tert-OH is 1. The van der Waals surface area contributed by atoms with Crippen molar-refractivity contribution in [2.45, 2.75) is 56.1 Å². The molecule has 5 aromatic rings. The zero-order valence-electron chi connectivity index (χ0n) is 21.2. The van der Waals surface area contributed by atoms with Crippen LogP contribution in [0.15, 0.2) is 67.1 Å². The van der Waals surface area contributed by atoms with E-state index in [0.717, 1.165) is 29.4 Å². The number of aliphatic hydroxyl groups is 1. The van der Waals surface area contributed by atoms with Crippen molar-refractivity contribution in [3.8, 4) is 11.3 Å². The molecule has 3 heterocycles. The largest absolute Gasteiger partial charge is 0.393 e. The average Bonchev–Trinajstić information content (AvgIpc) is 3.65. The van der Waals surface area contributed by atoms with Gasteiger partial charge in [0.15, 0.2) is 0 Å². The normalized spacial score (nSPS) is 20.3. The van der Waals surface area contributed by atoms with Crippen molar-refractivity contribution < 1.29 is 14.3 Å². The van der Waals surface area contributed by atoms with Gasteiger partial charge < -0.3 is 10.4 Å². The number of halogens is 1. The monoisotopic (exact) mass is 522 g/mol. The van der Waals surface area contributed by atoms with Gasteiger partial charge in [-0.05, 0) is 74.4 Å². The molecule has 0 saturated heterocycles. The van der Waals surface area contributed by atoms with Gasteiger partial charge in [-0.2, -0.15) is 9.61 Å². The summed E-state index contributed by atoms with van der Waals surface area (Å²) in [7, 11) is 0. The molecule has 2 saturated carbocycles. The van der Waals surface area contributed by atoms with Gasteiger partial charge >= 0.3 is 0 Å². The van der Waals surface area contributed by atoms with Gasteiger partial charge in [0, 0.05) is 28.6 Å². The first-order valence-corrected chi connectivity index (χ1v) is 13.4. The third kappa shape index (κ3) is 4.23. The highest BCUT2D eigenvalue weighted by Crippen LogP contribution is 2.53. The zero-order chi connectivity index (χ0) is 26.6. The van der Waals surface area contributed by atoms with Crippen LogP contribution in [0, 0.1) is 5.82 Å². The number of imidazole rings is 1. The quantitative estimate of drug-likeness (QED) is 0.350. The van der Waals surface area contributed by atoms with Crippen LogP contribution in [0.3, 0.4) is 0 Å². The minimum atomic E-state index is -0.614. The molecule has 2 aromatic carbocycles. The molecule has 8 nitrogen and oxygen atoms in total. The Morgan fingerprint density at radius 1 is 1.00 bits per heavy atom. The SMILES string of the molecule is O=C(NC1CCC(O)CC1)c1ccc(-c2cnc3ncc(C4(c5ccc6ncccc6c5)CC4)n3n2)cc1F. The van der Waals surface area contributed by atoms with Crippen LogP contribution in [0.2, 0.25) is 0 Å². The van der Waals surface area contributed by atoms with Crippen LogP contribution in [0.5, 0.6) is 0 Å². The summed E-state index contributed by atoms with van der Waals surface area (Å²) >= 11 is 0. The highest BCUT2D eigenvalue weighted by Gasteiger charge is 2.48. The first kappa shape index (κ1) is 23.8. The molecule has 0 atom stereocenters. The summed E-state index contributed by atoms with van der Waals surface area (Å²) in [6.07, 6.45) is 9.48. The summed E-state index contributed by atoms with van der Waals surface area (Å²) in [5.41, 5.74) is 3.89. The second-order valence-corrected chi connectivity index (χ2v) is 10.7. The summed E-state index contributed by atoms with van der Waals surface area (Å²) in [5, 5.41) is 18.5. The van der Waals surface area contributed by atoms with Gasteiger partial charge in [-0.25, -0.2) is 14.4 Å². The summed E-state index contributed by atoms with van der Waals surface area (Å²) in [5.74, 6) is -0.575. The second kappa shape index (κ2) is 9.20. The topological polar surface area (TPSA) is 105 Å². The molecule has 2 aliphatic rings. The van der Waals surface area contributed by atoms with Crippen LogP contribution in [0.1, 0.15) is 60.1 Å². The van der Waals surface area contributed by atoms with Gasteiger partial charge in [-0.3, -0.25) is 9.78 Å². The molecule has 2 aliphatic carbocycles. The molecule has 39 heavy (non-hydrogen) atoms. The Labute approximate surface area is 224 Å². The highest BCUT2D eigenvalue weighted by atomic mass is 19.1.